The number of carbonyl (C=O) groups is 2. The number of aromatic nitrogens is 2. The van der Waals surface area contributed by atoms with E-state index in [4.69, 9.17) is 11.6 Å². The lowest BCUT2D eigenvalue weighted by Gasteiger charge is -2.10. The summed E-state index contributed by atoms with van der Waals surface area (Å²) in [7, 11) is 0. The molecule has 2 amide bonds. The van der Waals surface area contributed by atoms with Gasteiger partial charge in [0.05, 0.1) is 22.0 Å². The van der Waals surface area contributed by atoms with E-state index in [1.807, 2.05) is 37.3 Å². The number of nitrogens with zero attached hydrogens (tertiary/aromatic N) is 2. The molecule has 1 saturated carbocycles. The lowest BCUT2D eigenvalue weighted by molar-refractivity contribution is 0.102. The highest BCUT2D eigenvalue weighted by Gasteiger charge is 2.30. The summed E-state index contributed by atoms with van der Waals surface area (Å²) < 4.78 is 1.40. The Morgan fingerprint density at radius 2 is 1.81 bits per heavy atom. The largest absolute Gasteiger partial charge is 0.507 e. The second-order valence-corrected chi connectivity index (χ2v) is 9.30. The summed E-state index contributed by atoms with van der Waals surface area (Å²) in [6.07, 6.45) is 1.99. The number of carbonyl (C=O) groups excluding carboxylic acids is 2. The first-order valence-electron chi connectivity index (χ1n) is 11.7. The standard InChI is InChI=1S/C28H25ClN4O3/c1-17-6-2-3-7-19(17)16-30-28(36)33-25(18-10-11-18)15-24(32-33)22-13-12-20(14-26(22)34)31-27(35)21-8-4-5-9-23(21)29/h2-9,12-15,18,34H,10-11,16H2,1H3,(H,30,36)(H,31,35). The molecule has 3 N–H and O–H groups in total. The number of anilines is 1. The Morgan fingerprint density at radius 3 is 2.53 bits per heavy atom. The predicted octanol–water partition coefficient (Wildman–Crippen LogP) is 6.11. The summed E-state index contributed by atoms with van der Waals surface area (Å²) in [6.45, 7) is 2.41. The Kier molecular flexibility index (Phi) is 6.48. The van der Waals surface area contributed by atoms with E-state index in [0.29, 0.717) is 34.1 Å². The van der Waals surface area contributed by atoms with Crippen LogP contribution in [0.25, 0.3) is 11.3 Å². The number of halogens is 1. The first-order valence-corrected chi connectivity index (χ1v) is 12.1. The predicted molar refractivity (Wildman–Crippen MR) is 140 cm³/mol. The summed E-state index contributed by atoms with van der Waals surface area (Å²) in [5.41, 5.74) is 4.68. The van der Waals surface area contributed by atoms with Gasteiger partial charge in [0.25, 0.3) is 5.91 Å². The maximum atomic E-state index is 13.0. The highest BCUT2D eigenvalue weighted by molar-refractivity contribution is 6.34. The molecule has 0 radical (unpaired) electrons. The summed E-state index contributed by atoms with van der Waals surface area (Å²) in [5, 5.41) is 21.3. The zero-order chi connectivity index (χ0) is 25.2. The minimum absolute atomic E-state index is 0.0562. The molecule has 7 nitrogen and oxygen atoms in total. The van der Waals surface area contributed by atoms with Crippen molar-refractivity contribution in [2.24, 2.45) is 0 Å². The van der Waals surface area contributed by atoms with Gasteiger partial charge in [0.2, 0.25) is 0 Å². The Bertz CT molecular complexity index is 1460. The van der Waals surface area contributed by atoms with Crippen LogP contribution in [0.4, 0.5) is 10.5 Å². The number of aryl methyl sites for hydroxylation is 1. The van der Waals surface area contributed by atoms with Gasteiger partial charge in [-0.1, -0.05) is 48.0 Å². The van der Waals surface area contributed by atoms with E-state index in [0.717, 1.165) is 29.7 Å². The van der Waals surface area contributed by atoms with Crippen molar-refractivity contribution in [1.82, 2.24) is 15.1 Å². The zero-order valence-electron chi connectivity index (χ0n) is 19.7. The minimum Gasteiger partial charge on any atom is -0.507 e. The molecule has 8 heteroatoms. The van der Waals surface area contributed by atoms with Crippen molar-refractivity contribution in [3.05, 3.63) is 100 Å². The van der Waals surface area contributed by atoms with Crippen LogP contribution in [-0.4, -0.2) is 26.8 Å². The third kappa shape index (κ3) is 4.97. The van der Waals surface area contributed by atoms with E-state index in [9.17, 15) is 14.7 Å². The highest BCUT2D eigenvalue weighted by atomic mass is 35.5. The van der Waals surface area contributed by atoms with Gasteiger partial charge in [-0.25, -0.2) is 4.79 Å². The van der Waals surface area contributed by atoms with Crippen molar-refractivity contribution in [2.75, 3.05) is 5.32 Å². The van der Waals surface area contributed by atoms with Crippen molar-refractivity contribution in [1.29, 1.82) is 0 Å². The van der Waals surface area contributed by atoms with Gasteiger partial charge in [0, 0.05) is 29.8 Å². The molecule has 0 bridgehead atoms. The number of rotatable bonds is 6. The minimum atomic E-state index is -0.377. The van der Waals surface area contributed by atoms with Gasteiger partial charge in [-0.3, -0.25) is 4.79 Å². The molecule has 0 atom stereocenters. The molecular formula is C28H25ClN4O3. The summed E-state index contributed by atoms with van der Waals surface area (Å²) in [6, 6.07) is 21.0. The molecular weight excluding hydrogens is 476 g/mol. The van der Waals surface area contributed by atoms with Crippen molar-refractivity contribution >= 4 is 29.2 Å². The Hall–Kier alpha value is -4.10. The molecule has 1 aliphatic rings. The maximum absolute atomic E-state index is 13.0. The topological polar surface area (TPSA) is 96.3 Å². The number of hydrogen-bond acceptors (Lipinski definition) is 4. The monoisotopic (exact) mass is 500 g/mol. The normalized spacial score (nSPS) is 12.8. The number of phenols is 1. The van der Waals surface area contributed by atoms with Crippen molar-refractivity contribution in [2.45, 2.75) is 32.2 Å². The number of aromatic hydroxyl groups is 1. The first-order chi connectivity index (χ1) is 17.4. The Morgan fingerprint density at radius 1 is 1.06 bits per heavy atom. The molecule has 1 fully saturated rings. The lowest BCUT2D eigenvalue weighted by Crippen LogP contribution is -2.30. The molecule has 1 aliphatic carbocycles. The van der Waals surface area contributed by atoms with Crippen LogP contribution >= 0.6 is 11.6 Å². The van der Waals surface area contributed by atoms with E-state index in [1.54, 1.807) is 36.4 Å². The fourth-order valence-corrected chi connectivity index (χ4v) is 4.31. The van der Waals surface area contributed by atoms with Gasteiger partial charge in [-0.05, 0) is 61.2 Å². The van der Waals surface area contributed by atoms with Gasteiger partial charge in [-0.15, -0.1) is 0 Å². The van der Waals surface area contributed by atoms with Gasteiger partial charge < -0.3 is 15.7 Å². The second-order valence-electron chi connectivity index (χ2n) is 8.89. The van der Waals surface area contributed by atoms with E-state index in [-0.39, 0.29) is 23.6 Å². The first kappa shape index (κ1) is 23.6. The molecule has 5 rings (SSSR count). The van der Waals surface area contributed by atoms with Crippen molar-refractivity contribution in [3.8, 4) is 17.0 Å². The van der Waals surface area contributed by atoms with Crippen LogP contribution in [-0.2, 0) is 6.54 Å². The number of hydrogen-bond donors (Lipinski definition) is 3. The molecule has 182 valence electrons. The van der Waals surface area contributed by atoms with E-state index in [1.165, 1.54) is 10.7 Å². The molecule has 4 aromatic rings. The smallest absolute Gasteiger partial charge is 0.342 e. The SMILES string of the molecule is Cc1ccccc1CNC(=O)n1nc(-c2ccc(NC(=O)c3ccccc3Cl)cc2O)cc1C1CC1. The summed E-state index contributed by atoms with van der Waals surface area (Å²) >= 11 is 6.11. The van der Waals surface area contributed by atoms with Gasteiger partial charge in [0.15, 0.2) is 0 Å². The van der Waals surface area contributed by atoms with Crippen LogP contribution in [0.2, 0.25) is 5.02 Å². The number of amides is 2. The number of benzene rings is 3. The van der Waals surface area contributed by atoms with Gasteiger partial charge in [-0.2, -0.15) is 9.78 Å². The molecule has 0 saturated heterocycles. The van der Waals surface area contributed by atoms with Crippen LogP contribution in [0.1, 0.15) is 45.9 Å². The summed E-state index contributed by atoms with van der Waals surface area (Å²) in [4.78, 5) is 25.6. The van der Waals surface area contributed by atoms with Gasteiger partial charge in [0.1, 0.15) is 5.75 Å². The molecule has 0 spiro atoms. The molecule has 3 aromatic carbocycles. The molecule has 0 aliphatic heterocycles. The lowest BCUT2D eigenvalue weighted by atomic mass is 10.1. The average Bonchev–Trinajstić information content (AvgIpc) is 3.62. The fraction of sp³-hybridized carbons (Fsp3) is 0.179. The molecule has 0 unspecified atom stereocenters. The Labute approximate surface area is 213 Å². The van der Waals surface area contributed by atoms with E-state index >= 15 is 0 Å². The van der Waals surface area contributed by atoms with Crippen LogP contribution < -0.4 is 10.6 Å². The zero-order valence-corrected chi connectivity index (χ0v) is 20.4. The maximum Gasteiger partial charge on any atom is 0.342 e. The summed E-state index contributed by atoms with van der Waals surface area (Å²) in [5.74, 6) is -0.163. The van der Waals surface area contributed by atoms with E-state index < -0.39 is 0 Å². The Balaban J connectivity index is 1.35. The molecule has 1 heterocycles. The highest BCUT2D eigenvalue weighted by Crippen LogP contribution is 2.42. The molecule has 1 aromatic heterocycles. The van der Waals surface area contributed by atoms with Crippen molar-refractivity contribution < 1.29 is 14.7 Å². The van der Waals surface area contributed by atoms with Gasteiger partial charge >= 0.3 is 6.03 Å². The van der Waals surface area contributed by atoms with Crippen LogP contribution in [0.3, 0.4) is 0 Å². The number of nitrogens with one attached hydrogen (secondary N) is 2. The second kappa shape index (κ2) is 9.87. The number of phenolic OH excluding ortho intramolecular Hbond substituents is 1. The molecule has 36 heavy (non-hydrogen) atoms. The van der Waals surface area contributed by atoms with Crippen LogP contribution in [0.15, 0.2) is 72.8 Å². The third-order valence-electron chi connectivity index (χ3n) is 6.27. The fourth-order valence-electron chi connectivity index (χ4n) is 4.08. The quantitative estimate of drug-likeness (QED) is 0.298. The van der Waals surface area contributed by atoms with Crippen molar-refractivity contribution in [3.63, 3.8) is 0 Å². The van der Waals surface area contributed by atoms with Crippen LogP contribution in [0.5, 0.6) is 5.75 Å². The third-order valence-corrected chi connectivity index (χ3v) is 6.60. The van der Waals surface area contributed by atoms with Crippen LogP contribution in [0, 0.1) is 6.92 Å². The van der Waals surface area contributed by atoms with E-state index in [2.05, 4.69) is 15.7 Å². The average molecular weight is 501 g/mol.